The summed E-state index contributed by atoms with van der Waals surface area (Å²) in [6, 6.07) is -1.48. The second-order valence-electron chi connectivity index (χ2n) is 12.3. The highest BCUT2D eigenvalue weighted by Crippen LogP contribution is 2.32. The minimum atomic E-state index is -0.818. The summed E-state index contributed by atoms with van der Waals surface area (Å²) in [5, 5.41) is -0.630. The largest absolute Gasteiger partial charge is 0.459 e. The van der Waals surface area contributed by atoms with Gasteiger partial charge in [-0.3, -0.25) is 19.3 Å². The highest BCUT2D eigenvalue weighted by atomic mass is 32.2. The van der Waals surface area contributed by atoms with Gasteiger partial charge in [0.15, 0.2) is 0 Å². The molecule has 37 heavy (non-hydrogen) atoms. The number of rotatable bonds is 8. The molecule has 1 saturated heterocycles. The number of ether oxygens (including phenoxy) is 3. The maximum atomic E-state index is 13.4. The third-order valence-corrected chi connectivity index (χ3v) is 6.45. The fraction of sp³-hybridized carbons (Fsp3) is 0.778. The quantitative estimate of drug-likeness (QED) is 0.186. The number of hydrogen-bond acceptors (Lipinski definition) is 9. The summed E-state index contributed by atoms with van der Waals surface area (Å²) in [7, 11) is 0. The van der Waals surface area contributed by atoms with E-state index in [1.165, 1.54) is 18.7 Å². The summed E-state index contributed by atoms with van der Waals surface area (Å²) >= 11 is 1.24. The van der Waals surface area contributed by atoms with Crippen LogP contribution in [0.5, 0.6) is 0 Å². The molecule has 0 aliphatic carbocycles. The van der Waals surface area contributed by atoms with Gasteiger partial charge in [0.25, 0.3) is 0 Å². The van der Waals surface area contributed by atoms with Crippen LogP contribution in [0, 0.1) is 5.92 Å². The van der Waals surface area contributed by atoms with Gasteiger partial charge in [0.1, 0.15) is 28.9 Å². The van der Waals surface area contributed by atoms with Crippen LogP contribution in [-0.2, 0) is 28.6 Å². The van der Waals surface area contributed by atoms with Crippen molar-refractivity contribution in [1.82, 2.24) is 9.80 Å². The molecule has 0 N–H and O–H groups in total. The average molecular weight is 543 g/mol. The number of nitrogens with zero attached hydrogens (tertiary/aromatic N) is 2. The zero-order valence-electron chi connectivity index (χ0n) is 24.4. The summed E-state index contributed by atoms with van der Waals surface area (Å²) in [4.78, 5) is 54.4. The molecule has 212 valence electrons. The van der Waals surface area contributed by atoms with Crippen molar-refractivity contribution in [3.63, 3.8) is 0 Å². The Hall–Kier alpha value is -2.07. The Balaban J connectivity index is 3.26. The molecular weight excluding hydrogens is 496 g/mol. The predicted octanol–water partition coefficient (Wildman–Crippen LogP) is 4.78. The molecule has 1 heterocycles. The molecule has 0 radical (unpaired) electrons. The summed E-state index contributed by atoms with van der Waals surface area (Å²) in [6.07, 6.45) is 1.49. The average Bonchev–Trinajstić information content (AvgIpc) is 3.08. The molecule has 0 saturated carbocycles. The van der Waals surface area contributed by atoms with E-state index in [9.17, 15) is 19.2 Å². The molecule has 9 nitrogen and oxygen atoms in total. The molecule has 0 aromatic carbocycles. The Morgan fingerprint density at radius 3 is 1.92 bits per heavy atom. The lowest BCUT2D eigenvalue weighted by Gasteiger charge is -2.35. The van der Waals surface area contributed by atoms with Crippen molar-refractivity contribution in [3.8, 4) is 0 Å². The fourth-order valence-electron chi connectivity index (χ4n) is 3.83. The van der Waals surface area contributed by atoms with Gasteiger partial charge in [-0.1, -0.05) is 6.08 Å². The topological polar surface area (TPSA) is 102 Å². The molecule has 0 aromatic rings. The summed E-state index contributed by atoms with van der Waals surface area (Å²) in [5.74, 6) is -1.21. The lowest BCUT2D eigenvalue weighted by atomic mass is 10.1. The van der Waals surface area contributed by atoms with Crippen LogP contribution in [0.4, 0.5) is 4.79 Å². The molecule has 0 spiro atoms. The van der Waals surface area contributed by atoms with E-state index in [0.29, 0.717) is 13.0 Å². The number of esters is 2. The van der Waals surface area contributed by atoms with Gasteiger partial charge in [0.05, 0.1) is 5.37 Å². The van der Waals surface area contributed by atoms with E-state index in [0.717, 1.165) is 4.90 Å². The van der Waals surface area contributed by atoms with Crippen molar-refractivity contribution in [2.45, 2.75) is 117 Å². The smallest absolute Gasteiger partial charge is 0.418 e. The number of hydrogen-bond donors (Lipinski definition) is 0. The zero-order valence-corrected chi connectivity index (χ0v) is 25.2. The van der Waals surface area contributed by atoms with E-state index in [2.05, 4.69) is 6.58 Å². The van der Waals surface area contributed by atoms with Crippen LogP contribution < -0.4 is 0 Å². The second-order valence-corrected chi connectivity index (χ2v) is 13.7. The van der Waals surface area contributed by atoms with Gasteiger partial charge in [-0.15, -0.1) is 18.3 Å². The van der Waals surface area contributed by atoms with Gasteiger partial charge < -0.3 is 14.2 Å². The molecule has 2 amide bonds. The maximum absolute atomic E-state index is 13.4. The zero-order chi connectivity index (χ0) is 28.9. The second kappa shape index (κ2) is 12.7. The van der Waals surface area contributed by atoms with Gasteiger partial charge in [-0.2, -0.15) is 0 Å². The SMILES string of the molecule is C=CC1CC(C(=O)OC(C)(C)C)N([C@H](CSC(C)N(C(C)=O)C(=O)OC(C)(C)C)C(=O)OC(C)(C)C)C1. The number of amides is 2. The minimum Gasteiger partial charge on any atom is -0.459 e. The maximum Gasteiger partial charge on any atom is 0.418 e. The van der Waals surface area contributed by atoms with E-state index >= 15 is 0 Å². The van der Waals surface area contributed by atoms with Crippen molar-refractivity contribution in [3.05, 3.63) is 12.7 Å². The van der Waals surface area contributed by atoms with Crippen molar-refractivity contribution < 1.29 is 33.4 Å². The molecule has 1 fully saturated rings. The van der Waals surface area contributed by atoms with Gasteiger partial charge in [0, 0.05) is 19.2 Å². The Morgan fingerprint density at radius 2 is 1.49 bits per heavy atom. The van der Waals surface area contributed by atoms with Crippen LogP contribution >= 0.6 is 11.8 Å². The van der Waals surface area contributed by atoms with Crippen molar-refractivity contribution >= 4 is 35.7 Å². The van der Waals surface area contributed by atoms with E-state index in [1.54, 1.807) is 80.2 Å². The number of thioether (sulfide) groups is 1. The van der Waals surface area contributed by atoms with Crippen LogP contribution in [0.25, 0.3) is 0 Å². The third kappa shape index (κ3) is 11.1. The number of likely N-dealkylation sites (tertiary alicyclic amines) is 1. The first-order valence-corrected chi connectivity index (χ1v) is 13.7. The lowest BCUT2D eigenvalue weighted by Crippen LogP contribution is -2.52. The first kappa shape index (κ1) is 33.0. The molecule has 1 aliphatic heterocycles. The van der Waals surface area contributed by atoms with Crippen LogP contribution in [0.3, 0.4) is 0 Å². The van der Waals surface area contributed by atoms with Crippen LogP contribution in [-0.4, -0.2) is 80.3 Å². The highest BCUT2D eigenvalue weighted by Gasteiger charge is 2.45. The monoisotopic (exact) mass is 542 g/mol. The highest BCUT2D eigenvalue weighted by molar-refractivity contribution is 7.99. The molecule has 3 unspecified atom stereocenters. The molecule has 0 bridgehead atoms. The minimum absolute atomic E-state index is 0.0136. The first-order chi connectivity index (χ1) is 16.6. The summed E-state index contributed by atoms with van der Waals surface area (Å²) < 4.78 is 16.8. The molecule has 4 atom stereocenters. The van der Waals surface area contributed by atoms with Crippen LogP contribution in [0.2, 0.25) is 0 Å². The van der Waals surface area contributed by atoms with Gasteiger partial charge >= 0.3 is 18.0 Å². The Morgan fingerprint density at radius 1 is 0.973 bits per heavy atom. The van der Waals surface area contributed by atoms with Gasteiger partial charge in [-0.25, -0.2) is 9.69 Å². The molecule has 1 rings (SSSR count). The summed E-state index contributed by atoms with van der Waals surface area (Å²) in [5.41, 5.74) is -2.20. The number of carbonyl (C=O) groups is 4. The molecular formula is C27H46N2O7S. The van der Waals surface area contributed by atoms with Crippen LogP contribution in [0.15, 0.2) is 12.7 Å². The normalized spacial score (nSPS) is 20.5. The molecule has 0 aromatic heterocycles. The van der Waals surface area contributed by atoms with E-state index < -0.39 is 58.2 Å². The van der Waals surface area contributed by atoms with Crippen molar-refractivity contribution in [2.24, 2.45) is 5.92 Å². The Bertz CT molecular complexity index is 854. The van der Waals surface area contributed by atoms with E-state index in [4.69, 9.17) is 14.2 Å². The fourth-order valence-corrected chi connectivity index (χ4v) is 5.00. The Kier molecular flexibility index (Phi) is 11.3. The standard InChI is InChI=1S/C27H46N2O7S/c1-13-19-14-20(22(31)34-25(4,5)6)28(15-19)21(23(32)35-26(7,8)9)16-37-18(3)29(17(2)30)24(33)36-27(10,11)12/h13,18-21H,1,14-16H2,2-12H3/t18?,19?,20?,21-/m1/s1. The lowest BCUT2D eigenvalue weighted by molar-refractivity contribution is -0.166. The first-order valence-electron chi connectivity index (χ1n) is 12.6. The predicted molar refractivity (Wildman–Crippen MR) is 145 cm³/mol. The van der Waals surface area contributed by atoms with Crippen LogP contribution in [0.1, 0.15) is 82.6 Å². The number of carbonyl (C=O) groups excluding carboxylic acids is 4. The van der Waals surface area contributed by atoms with Gasteiger partial charge in [0.2, 0.25) is 5.91 Å². The molecule has 10 heteroatoms. The summed E-state index contributed by atoms with van der Waals surface area (Å²) in [6.45, 7) is 23.2. The number of imide groups is 1. The third-order valence-electron chi connectivity index (χ3n) is 5.25. The molecule has 1 aliphatic rings. The van der Waals surface area contributed by atoms with Crippen molar-refractivity contribution in [1.29, 1.82) is 0 Å². The van der Waals surface area contributed by atoms with Crippen molar-refractivity contribution in [2.75, 3.05) is 12.3 Å². The van der Waals surface area contributed by atoms with Gasteiger partial charge in [-0.05, 0) is 81.6 Å². The Labute approximate surface area is 226 Å². The van der Waals surface area contributed by atoms with E-state index in [-0.39, 0.29) is 11.7 Å². The van der Waals surface area contributed by atoms with E-state index in [1.807, 2.05) is 0 Å².